The molecule has 0 aliphatic rings. The summed E-state index contributed by atoms with van der Waals surface area (Å²) in [5.74, 6) is -0.959. The SMILES string of the molecule is CC/C=C\C/C=C\CCCCC(=O)OCC(COC(=O)CCCCCCCCCCCC/C=C\C=C/CCCCC)OC(=O)CCCCCCC\C=C/C=C\C=C/CCCCCCC. The molecule has 0 fully saturated rings. The maximum Gasteiger partial charge on any atom is 0.306 e. The van der Waals surface area contributed by atoms with Crippen LogP contribution in [-0.4, -0.2) is 37.2 Å². The zero-order chi connectivity index (χ0) is 46.5. The number of rotatable bonds is 47. The molecular weight excluding hydrogens is 793 g/mol. The largest absolute Gasteiger partial charge is 0.462 e. The molecule has 0 heterocycles. The average molecular weight is 891 g/mol. The lowest BCUT2D eigenvalue weighted by molar-refractivity contribution is -0.167. The molecular formula is C58H98O6. The van der Waals surface area contributed by atoms with E-state index in [1.165, 1.54) is 109 Å². The molecule has 0 spiro atoms. The van der Waals surface area contributed by atoms with Gasteiger partial charge in [0.15, 0.2) is 6.10 Å². The van der Waals surface area contributed by atoms with Crippen LogP contribution in [0.2, 0.25) is 0 Å². The molecule has 1 unspecified atom stereocenters. The molecule has 0 aromatic rings. The Hall–Kier alpha value is -3.41. The minimum absolute atomic E-state index is 0.0975. The summed E-state index contributed by atoms with van der Waals surface area (Å²) in [6.45, 7) is 6.42. The summed E-state index contributed by atoms with van der Waals surface area (Å²) >= 11 is 0. The highest BCUT2D eigenvalue weighted by Gasteiger charge is 2.19. The first kappa shape index (κ1) is 60.6. The molecule has 366 valence electrons. The number of hydrogen-bond acceptors (Lipinski definition) is 6. The second kappa shape index (κ2) is 52.2. The Morgan fingerprint density at radius 3 is 1.14 bits per heavy atom. The quantitative estimate of drug-likeness (QED) is 0.0199. The lowest BCUT2D eigenvalue weighted by Gasteiger charge is -2.18. The minimum atomic E-state index is -0.801. The normalized spacial score (nSPS) is 12.7. The molecule has 6 heteroatoms. The predicted octanol–water partition coefficient (Wildman–Crippen LogP) is 17.6. The van der Waals surface area contributed by atoms with E-state index >= 15 is 0 Å². The third-order valence-corrected chi connectivity index (χ3v) is 11.2. The third-order valence-electron chi connectivity index (χ3n) is 11.2. The highest BCUT2D eigenvalue weighted by Crippen LogP contribution is 2.14. The van der Waals surface area contributed by atoms with E-state index in [1.807, 2.05) is 0 Å². The summed E-state index contributed by atoms with van der Waals surface area (Å²) in [7, 11) is 0. The number of hydrogen-bond donors (Lipinski definition) is 0. The first-order chi connectivity index (χ1) is 31.5. The van der Waals surface area contributed by atoms with Crippen LogP contribution in [0.15, 0.2) is 85.1 Å². The molecule has 0 radical (unpaired) electrons. The zero-order valence-electron chi connectivity index (χ0n) is 41.8. The van der Waals surface area contributed by atoms with Gasteiger partial charge in [0.2, 0.25) is 0 Å². The second-order valence-electron chi connectivity index (χ2n) is 17.5. The van der Waals surface area contributed by atoms with Crippen molar-refractivity contribution in [2.45, 2.75) is 252 Å². The second-order valence-corrected chi connectivity index (χ2v) is 17.5. The molecule has 0 aromatic carbocycles. The van der Waals surface area contributed by atoms with Crippen molar-refractivity contribution >= 4 is 17.9 Å². The van der Waals surface area contributed by atoms with Crippen LogP contribution in [0.3, 0.4) is 0 Å². The van der Waals surface area contributed by atoms with Gasteiger partial charge in [-0.25, -0.2) is 0 Å². The van der Waals surface area contributed by atoms with E-state index < -0.39 is 6.10 Å². The van der Waals surface area contributed by atoms with Crippen molar-refractivity contribution in [1.82, 2.24) is 0 Å². The van der Waals surface area contributed by atoms with E-state index in [2.05, 4.69) is 106 Å². The number of ether oxygens (including phenoxy) is 3. The summed E-state index contributed by atoms with van der Waals surface area (Å²) in [6.07, 6.45) is 67.2. The lowest BCUT2D eigenvalue weighted by atomic mass is 10.1. The Bertz CT molecular complexity index is 1250. The van der Waals surface area contributed by atoms with Gasteiger partial charge in [-0.2, -0.15) is 0 Å². The van der Waals surface area contributed by atoms with Crippen LogP contribution in [0.5, 0.6) is 0 Å². The number of carbonyl (C=O) groups excluding carboxylic acids is 3. The van der Waals surface area contributed by atoms with Crippen LogP contribution in [0, 0.1) is 0 Å². The van der Waals surface area contributed by atoms with Crippen molar-refractivity contribution in [3.05, 3.63) is 85.1 Å². The van der Waals surface area contributed by atoms with Gasteiger partial charge in [-0.15, -0.1) is 0 Å². The highest BCUT2D eigenvalue weighted by molar-refractivity contribution is 5.71. The molecule has 0 saturated carbocycles. The molecule has 0 bridgehead atoms. The van der Waals surface area contributed by atoms with E-state index in [9.17, 15) is 14.4 Å². The van der Waals surface area contributed by atoms with Crippen molar-refractivity contribution in [2.75, 3.05) is 13.2 Å². The average Bonchev–Trinajstić information content (AvgIpc) is 3.29. The Morgan fingerprint density at radius 2 is 0.672 bits per heavy atom. The summed E-state index contributed by atoms with van der Waals surface area (Å²) in [4.78, 5) is 37.9. The Balaban J connectivity index is 4.37. The van der Waals surface area contributed by atoms with Gasteiger partial charge in [-0.1, -0.05) is 215 Å². The van der Waals surface area contributed by atoms with Gasteiger partial charge >= 0.3 is 17.9 Å². The third kappa shape index (κ3) is 49.6. The monoisotopic (exact) mass is 891 g/mol. The van der Waals surface area contributed by atoms with Crippen LogP contribution in [0.1, 0.15) is 245 Å². The molecule has 0 aliphatic carbocycles. The van der Waals surface area contributed by atoms with E-state index in [0.29, 0.717) is 19.3 Å². The molecule has 0 aliphatic heterocycles. The summed E-state index contributed by atoms with van der Waals surface area (Å²) in [5.41, 5.74) is 0. The van der Waals surface area contributed by atoms with Crippen LogP contribution in [0.25, 0.3) is 0 Å². The summed E-state index contributed by atoms with van der Waals surface area (Å²) in [6, 6.07) is 0. The molecule has 0 rings (SSSR count). The minimum Gasteiger partial charge on any atom is -0.462 e. The van der Waals surface area contributed by atoms with Gasteiger partial charge in [0.1, 0.15) is 13.2 Å². The molecule has 64 heavy (non-hydrogen) atoms. The summed E-state index contributed by atoms with van der Waals surface area (Å²) in [5, 5.41) is 0. The molecule has 0 amide bonds. The first-order valence-electron chi connectivity index (χ1n) is 26.6. The number of carbonyl (C=O) groups is 3. The Labute approximate surface area is 395 Å². The van der Waals surface area contributed by atoms with Gasteiger partial charge in [0.25, 0.3) is 0 Å². The Kier molecular flexibility index (Phi) is 49.4. The molecule has 0 N–H and O–H groups in total. The molecule has 0 saturated heterocycles. The first-order valence-corrected chi connectivity index (χ1v) is 26.6. The van der Waals surface area contributed by atoms with Gasteiger partial charge in [-0.3, -0.25) is 14.4 Å². The summed E-state index contributed by atoms with van der Waals surface area (Å²) < 4.78 is 16.7. The number of esters is 3. The van der Waals surface area contributed by atoms with E-state index in [1.54, 1.807) is 0 Å². The van der Waals surface area contributed by atoms with Crippen LogP contribution < -0.4 is 0 Å². The number of unbranched alkanes of at least 4 members (excludes halogenated alkanes) is 25. The van der Waals surface area contributed by atoms with E-state index in [0.717, 1.165) is 96.3 Å². The molecule has 6 nitrogen and oxygen atoms in total. The van der Waals surface area contributed by atoms with Crippen molar-refractivity contribution in [2.24, 2.45) is 0 Å². The van der Waals surface area contributed by atoms with E-state index in [-0.39, 0.29) is 31.1 Å². The van der Waals surface area contributed by atoms with Gasteiger partial charge < -0.3 is 14.2 Å². The van der Waals surface area contributed by atoms with Crippen molar-refractivity contribution in [3.8, 4) is 0 Å². The van der Waals surface area contributed by atoms with Gasteiger partial charge in [-0.05, 0) is 96.3 Å². The van der Waals surface area contributed by atoms with Crippen LogP contribution >= 0.6 is 0 Å². The van der Waals surface area contributed by atoms with Crippen molar-refractivity contribution in [1.29, 1.82) is 0 Å². The Morgan fingerprint density at radius 1 is 0.344 bits per heavy atom. The maximum atomic E-state index is 12.8. The van der Waals surface area contributed by atoms with Gasteiger partial charge in [0.05, 0.1) is 0 Å². The van der Waals surface area contributed by atoms with Gasteiger partial charge in [0, 0.05) is 19.3 Å². The number of allylic oxidation sites excluding steroid dienone is 14. The van der Waals surface area contributed by atoms with Crippen LogP contribution in [-0.2, 0) is 28.6 Å². The van der Waals surface area contributed by atoms with Crippen molar-refractivity contribution < 1.29 is 28.6 Å². The fourth-order valence-electron chi connectivity index (χ4n) is 7.18. The standard InChI is InChI=1S/C58H98O6/c1-4-7-10-13-16-19-21-23-25-27-29-31-32-34-36-39-42-45-48-51-57(60)63-54-55(53-62-56(59)50-47-44-41-38-18-15-12-9-6-3)64-58(61)52-49-46-43-40-37-35-33-30-28-26-24-22-20-17-14-11-8-5-2/h9,12,16,18-19,21-24,26,28,30,33,38,55H,4-8,10-11,13-15,17,20,25,27,29,31-32,34-37,39-54H2,1-3H3/b12-9-,19-16-,23-21-,24-22-,28-26-,33-30-,38-18-. The van der Waals surface area contributed by atoms with E-state index in [4.69, 9.17) is 14.2 Å². The van der Waals surface area contributed by atoms with Crippen LogP contribution in [0.4, 0.5) is 0 Å². The fraction of sp³-hybridized carbons (Fsp3) is 0.707. The molecule has 0 aromatic heterocycles. The zero-order valence-corrected chi connectivity index (χ0v) is 41.8. The smallest absolute Gasteiger partial charge is 0.306 e. The highest BCUT2D eigenvalue weighted by atomic mass is 16.6. The fourth-order valence-corrected chi connectivity index (χ4v) is 7.18. The lowest BCUT2D eigenvalue weighted by Crippen LogP contribution is -2.30. The van der Waals surface area contributed by atoms with Crippen molar-refractivity contribution in [3.63, 3.8) is 0 Å². The predicted molar refractivity (Wildman–Crippen MR) is 274 cm³/mol. The topological polar surface area (TPSA) is 78.9 Å². The maximum absolute atomic E-state index is 12.8. The molecule has 1 atom stereocenters.